The van der Waals surface area contributed by atoms with Gasteiger partial charge in [-0.15, -0.1) is 0 Å². The van der Waals surface area contributed by atoms with Gasteiger partial charge in [0.2, 0.25) is 0 Å². The fourth-order valence-corrected chi connectivity index (χ4v) is 4.23. The van der Waals surface area contributed by atoms with Crippen molar-refractivity contribution in [2.45, 2.75) is 11.4 Å². The lowest BCUT2D eigenvalue weighted by atomic mass is 10.1. The maximum atomic E-state index is 8.54. The predicted octanol–water partition coefficient (Wildman–Crippen LogP) is 7.21. The van der Waals surface area contributed by atoms with Gasteiger partial charge in [-0.1, -0.05) is 54.2 Å². The minimum atomic E-state index is 0.482. The van der Waals surface area contributed by atoms with Crippen LogP contribution in [0.3, 0.4) is 0 Å². The zero-order chi connectivity index (χ0) is 23.0. The smallest absolute Gasteiger partial charge is 0.119 e. The van der Waals surface area contributed by atoms with Gasteiger partial charge in [-0.25, -0.2) is 0 Å². The Morgan fingerprint density at radius 3 is 2.33 bits per heavy atom. The molecule has 0 radical (unpaired) electrons. The summed E-state index contributed by atoms with van der Waals surface area (Å²) >= 11 is 1.63. The van der Waals surface area contributed by atoms with Crippen molar-refractivity contribution in [1.29, 1.82) is 5.41 Å². The summed E-state index contributed by atoms with van der Waals surface area (Å²) in [5.74, 6) is 1.68. The number of hydrogen-bond acceptors (Lipinski definition) is 4. The van der Waals surface area contributed by atoms with Crippen LogP contribution >= 0.6 is 11.8 Å². The zero-order valence-electron chi connectivity index (χ0n) is 18.7. The molecular formula is C28H26N2O2S. The third-order valence-corrected chi connectivity index (χ3v) is 6.09. The highest BCUT2D eigenvalue weighted by Gasteiger charge is 2.12. The first-order chi connectivity index (χ1) is 16.2. The van der Waals surface area contributed by atoms with E-state index in [1.807, 2.05) is 78.2 Å². The van der Waals surface area contributed by atoms with Crippen LogP contribution in [0.5, 0.6) is 11.5 Å². The van der Waals surface area contributed by atoms with E-state index in [2.05, 4.69) is 28.8 Å². The van der Waals surface area contributed by atoms with E-state index < -0.39 is 0 Å². The number of ether oxygens (including phenoxy) is 2. The molecule has 0 unspecified atom stereocenters. The first-order valence-corrected chi connectivity index (χ1v) is 11.5. The molecule has 0 fully saturated rings. The van der Waals surface area contributed by atoms with Gasteiger partial charge in [-0.2, -0.15) is 0 Å². The summed E-state index contributed by atoms with van der Waals surface area (Å²) < 4.78 is 12.8. The summed E-state index contributed by atoms with van der Waals surface area (Å²) in [7, 11) is 3.34. The Labute approximate surface area is 198 Å². The number of hydrogen-bond donors (Lipinski definition) is 1. The first-order valence-electron chi connectivity index (χ1n) is 10.6. The average molecular weight is 455 g/mol. The Bertz CT molecular complexity index is 1290. The van der Waals surface area contributed by atoms with Crippen molar-refractivity contribution in [3.63, 3.8) is 0 Å². The Morgan fingerprint density at radius 2 is 1.61 bits per heavy atom. The molecule has 0 saturated heterocycles. The standard InChI is InChI=1S/C28H26N2O2S/c1-31-24-11-14-26(15-12-24)33-17-7-6-10-23(29)20-30-27-16-13-25(32-2)18-22(27)19-28(30)21-8-4-3-5-9-21/h3-19,29H,20H2,1-2H3/b10-6-,17-7+,29-23?. The summed E-state index contributed by atoms with van der Waals surface area (Å²) in [5.41, 5.74) is 3.82. The number of benzene rings is 3. The Morgan fingerprint density at radius 1 is 0.879 bits per heavy atom. The van der Waals surface area contributed by atoms with Crippen molar-refractivity contribution in [2.75, 3.05) is 14.2 Å². The van der Waals surface area contributed by atoms with E-state index >= 15 is 0 Å². The fourth-order valence-electron chi connectivity index (χ4n) is 3.61. The molecule has 0 aliphatic heterocycles. The Balaban J connectivity index is 1.49. The van der Waals surface area contributed by atoms with E-state index in [4.69, 9.17) is 14.9 Å². The van der Waals surface area contributed by atoms with Gasteiger partial charge < -0.3 is 19.5 Å². The largest absolute Gasteiger partial charge is 0.497 e. The van der Waals surface area contributed by atoms with Crippen LogP contribution < -0.4 is 9.47 Å². The van der Waals surface area contributed by atoms with Crippen LogP contribution in [-0.2, 0) is 6.54 Å². The van der Waals surface area contributed by atoms with Crippen LogP contribution in [0, 0.1) is 5.41 Å². The molecule has 1 heterocycles. The predicted molar refractivity (Wildman–Crippen MR) is 139 cm³/mol. The highest BCUT2D eigenvalue weighted by molar-refractivity contribution is 8.02. The number of fused-ring (bicyclic) bond motifs is 1. The molecule has 0 saturated carbocycles. The molecule has 166 valence electrons. The van der Waals surface area contributed by atoms with Crippen LogP contribution in [0.25, 0.3) is 22.2 Å². The van der Waals surface area contributed by atoms with E-state index in [9.17, 15) is 0 Å². The van der Waals surface area contributed by atoms with Crippen molar-refractivity contribution in [2.24, 2.45) is 0 Å². The van der Waals surface area contributed by atoms with Gasteiger partial charge >= 0.3 is 0 Å². The first kappa shape index (κ1) is 22.5. The molecular weight excluding hydrogens is 428 g/mol. The lowest BCUT2D eigenvalue weighted by Gasteiger charge is -2.11. The summed E-state index contributed by atoms with van der Waals surface area (Å²) in [4.78, 5) is 1.14. The number of aromatic nitrogens is 1. The van der Waals surface area contributed by atoms with E-state index in [0.717, 1.165) is 38.6 Å². The highest BCUT2D eigenvalue weighted by Crippen LogP contribution is 2.30. The number of nitrogens with zero attached hydrogens (tertiary/aromatic N) is 1. The second kappa shape index (κ2) is 10.7. The van der Waals surface area contributed by atoms with Crippen molar-refractivity contribution >= 4 is 28.4 Å². The number of nitrogens with one attached hydrogen (secondary N) is 1. The molecule has 0 aliphatic rings. The van der Waals surface area contributed by atoms with E-state index in [-0.39, 0.29) is 0 Å². The van der Waals surface area contributed by atoms with Gasteiger partial charge in [0.25, 0.3) is 0 Å². The van der Waals surface area contributed by atoms with E-state index in [0.29, 0.717) is 12.3 Å². The van der Waals surface area contributed by atoms with Crippen molar-refractivity contribution in [1.82, 2.24) is 4.57 Å². The van der Waals surface area contributed by atoms with E-state index in [1.54, 1.807) is 26.0 Å². The SMILES string of the molecule is COc1ccc(S/C=C/C=C\C(=N)Cn2c(-c3ccccc3)cc3cc(OC)ccc32)cc1. The summed E-state index contributed by atoms with van der Waals surface area (Å²) in [6, 6.07) is 26.5. The molecule has 0 spiro atoms. The number of methoxy groups -OCH3 is 2. The Hall–Kier alpha value is -3.70. The van der Waals surface area contributed by atoms with Crippen LogP contribution in [0.1, 0.15) is 0 Å². The molecule has 0 atom stereocenters. The molecule has 0 amide bonds. The Kier molecular flexibility index (Phi) is 7.33. The number of rotatable bonds is 9. The molecule has 5 heteroatoms. The molecule has 0 aliphatic carbocycles. The summed E-state index contributed by atoms with van der Waals surface area (Å²) in [6.45, 7) is 0.482. The number of allylic oxidation sites excluding steroid dienone is 3. The molecule has 1 N–H and O–H groups in total. The average Bonchev–Trinajstić information content (AvgIpc) is 3.22. The lowest BCUT2D eigenvalue weighted by Crippen LogP contribution is -2.08. The fraction of sp³-hybridized carbons (Fsp3) is 0.107. The molecule has 33 heavy (non-hydrogen) atoms. The third-order valence-electron chi connectivity index (χ3n) is 5.26. The van der Waals surface area contributed by atoms with Crippen LogP contribution in [0.4, 0.5) is 0 Å². The molecule has 4 rings (SSSR count). The van der Waals surface area contributed by atoms with Gasteiger partial charge in [0.1, 0.15) is 11.5 Å². The minimum Gasteiger partial charge on any atom is -0.497 e. The van der Waals surface area contributed by atoms with Gasteiger partial charge in [0, 0.05) is 21.5 Å². The van der Waals surface area contributed by atoms with Crippen LogP contribution in [-0.4, -0.2) is 24.5 Å². The van der Waals surface area contributed by atoms with Crippen LogP contribution in [0.15, 0.2) is 107 Å². The topological polar surface area (TPSA) is 47.2 Å². The molecule has 4 nitrogen and oxygen atoms in total. The van der Waals surface area contributed by atoms with E-state index in [1.165, 1.54) is 0 Å². The van der Waals surface area contributed by atoms with Crippen molar-refractivity contribution in [3.05, 3.63) is 102 Å². The van der Waals surface area contributed by atoms with Gasteiger partial charge in [-0.3, -0.25) is 0 Å². The summed E-state index contributed by atoms with van der Waals surface area (Å²) in [5, 5.41) is 11.6. The number of thioether (sulfide) groups is 1. The minimum absolute atomic E-state index is 0.482. The molecule has 3 aromatic carbocycles. The second-order valence-corrected chi connectivity index (χ2v) is 8.39. The van der Waals surface area contributed by atoms with Gasteiger partial charge in [0.05, 0.1) is 26.5 Å². The van der Waals surface area contributed by atoms with Gasteiger partial charge in [0.15, 0.2) is 0 Å². The second-order valence-electron chi connectivity index (χ2n) is 7.41. The zero-order valence-corrected chi connectivity index (χ0v) is 19.5. The molecule has 1 aromatic heterocycles. The lowest BCUT2D eigenvalue weighted by molar-refractivity contribution is 0.414. The normalized spacial score (nSPS) is 11.5. The third kappa shape index (κ3) is 5.57. The van der Waals surface area contributed by atoms with Crippen LogP contribution in [0.2, 0.25) is 0 Å². The maximum absolute atomic E-state index is 8.54. The quantitative estimate of drug-likeness (QED) is 0.165. The maximum Gasteiger partial charge on any atom is 0.119 e. The van der Waals surface area contributed by atoms with Crippen molar-refractivity contribution < 1.29 is 9.47 Å². The molecule has 4 aromatic rings. The van der Waals surface area contributed by atoms with Crippen molar-refractivity contribution in [3.8, 4) is 22.8 Å². The highest BCUT2D eigenvalue weighted by atomic mass is 32.2. The molecule has 0 bridgehead atoms. The summed E-state index contributed by atoms with van der Waals surface area (Å²) in [6.07, 6.45) is 5.71. The monoisotopic (exact) mass is 454 g/mol. The van der Waals surface area contributed by atoms with Gasteiger partial charge in [-0.05, 0) is 65.6 Å².